The van der Waals surface area contributed by atoms with Gasteiger partial charge in [0, 0.05) is 43.0 Å². The van der Waals surface area contributed by atoms with Crippen LogP contribution in [-0.4, -0.2) is 38.0 Å². The first-order chi connectivity index (χ1) is 14.3. The third kappa shape index (κ3) is 4.32. The summed E-state index contributed by atoms with van der Waals surface area (Å²) in [4.78, 5) is 27.2. The van der Waals surface area contributed by atoms with Crippen LogP contribution in [0.15, 0.2) is 41.2 Å². The van der Waals surface area contributed by atoms with Crippen LogP contribution in [0.2, 0.25) is 0 Å². The van der Waals surface area contributed by atoms with Crippen LogP contribution in [0.1, 0.15) is 36.1 Å². The minimum absolute atomic E-state index is 0.0369. The van der Waals surface area contributed by atoms with E-state index in [1.54, 1.807) is 6.07 Å². The summed E-state index contributed by atoms with van der Waals surface area (Å²) in [6.45, 7) is 8.30. The number of thiocarbonyl (C=S) groups is 1. The third-order valence-corrected chi connectivity index (χ3v) is 7.61. The van der Waals surface area contributed by atoms with Crippen molar-refractivity contribution in [3.8, 4) is 0 Å². The topological polar surface area (TPSA) is 54.3 Å². The van der Waals surface area contributed by atoms with Crippen molar-refractivity contribution in [2.45, 2.75) is 44.9 Å². The van der Waals surface area contributed by atoms with Gasteiger partial charge in [-0.25, -0.2) is 0 Å². The summed E-state index contributed by atoms with van der Waals surface area (Å²) in [6.07, 6.45) is 1.09. The molecule has 0 radical (unpaired) electrons. The minimum Gasteiger partial charge on any atom is -0.356 e. The molecule has 3 heterocycles. The highest BCUT2D eigenvalue weighted by Gasteiger charge is 2.35. The van der Waals surface area contributed by atoms with Crippen LogP contribution in [-0.2, 0) is 11.3 Å². The molecule has 2 aromatic rings. The quantitative estimate of drug-likeness (QED) is 0.732. The summed E-state index contributed by atoms with van der Waals surface area (Å²) in [5, 5.41) is 2.76. The van der Waals surface area contributed by atoms with Gasteiger partial charge in [0.05, 0.1) is 5.25 Å². The lowest BCUT2D eigenvalue weighted by atomic mass is 9.83. The molecule has 2 aliphatic heterocycles. The molecule has 0 unspecified atom stereocenters. The van der Waals surface area contributed by atoms with Crippen molar-refractivity contribution in [1.29, 1.82) is 0 Å². The van der Waals surface area contributed by atoms with Crippen LogP contribution in [0.25, 0.3) is 0 Å². The molecule has 0 spiro atoms. The number of amides is 1. The van der Waals surface area contributed by atoms with Gasteiger partial charge in [-0.05, 0) is 56.4 Å². The Morgan fingerprint density at radius 1 is 1.20 bits per heavy atom. The lowest BCUT2D eigenvalue weighted by Gasteiger charge is -2.43. The summed E-state index contributed by atoms with van der Waals surface area (Å²) in [5.41, 5.74) is 4.21. The van der Waals surface area contributed by atoms with E-state index in [2.05, 4.69) is 16.3 Å². The summed E-state index contributed by atoms with van der Waals surface area (Å²) in [7, 11) is 0. The average Bonchev–Trinajstić information content (AvgIpc) is 2.71. The number of carbonyl (C=O) groups is 1. The smallest absolute Gasteiger partial charge is 0.250 e. The zero-order chi connectivity index (χ0) is 21.4. The normalized spacial score (nSPS) is 21.0. The van der Waals surface area contributed by atoms with Crippen LogP contribution in [0.3, 0.4) is 0 Å². The first-order valence-electron chi connectivity index (χ1n) is 10.3. The van der Waals surface area contributed by atoms with Gasteiger partial charge in [-0.3, -0.25) is 9.59 Å². The number of pyridine rings is 1. The molecule has 1 N–H and O–H groups in total. The predicted octanol–water partition coefficient (Wildman–Crippen LogP) is 3.93. The molecule has 5 nitrogen and oxygen atoms in total. The van der Waals surface area contributed by atoms with Gasteiger partial charge in [0.2, 0.25) is 5.91 Å². The van der Waals surface area contributed by atoms with Crippen molar-refractivity contribution >= 4 is 39.9 Å². The number of piperidine rings is 1. The molecular formula is C23H27N3O2S2. The molecule has 3 atom stereocenters. The van der Waals surface area contributed by atoms with Crippen molar-refractivity contribution in [3.05, 3.63) is 63.6 Å². The number of nitrogens with one attached hydrogen (secondary N) is 1. The molecular weight excluding hydrogens is 414 g/mol. The number of carbonyl (C=O) groups excluding carboxylic acids is 1. The molecule has 2 bridgehead atoms. The Hall–Kier alpha value is -2.12. The standard InChI is InChI=1S/C23H27N3O2S2/c1-14-7-8-15(2)19(9-14)24-22(28)16(3)30-23(29)25-11-17-10-18(13-25)20-5-4-6-21(27)26(20)12-17/h4-9,16-18H,10-13H2,1-3H3,(H,24,28)/t16-,17-,18+/m1/s1. The van der Waals surface area contributed by atoms with Gasteiger partial charge in [0.25, 0.3) is 5.56 Å². The zero-order valence-electron chi connectivity index (χ0n) is 17.6. The van der Waals surface area contributed by atoms with E-state index in [4.69, 9.17) is 12.2 Å². The van der Waals surface area contributed by atoms with Gasteiger partial charge in [-0.2, -0.15) is 0 Å². The number of benzene rings is 1. The fourth-order valence-electron chi connectivity index (χ4n) is 4.43. The highest BCUT2D eigenvalue weighted by molar-refractivity contribution is 8.23. The van der Waals surface area contributed by atoms with Gasteiger partial charge < -0.3 is 14.8 Å². The average molecular weight is 442 g/mol. The number of aryl methyl sites for hydroxylation is 2. The molecule has 1 aromatic heterocycles. The lowest BCUT2D eigenvalue weighted by Crippen LogP contribution is -2.48. The molecule has 1 fully saturated rings. The second kappa shape index (κ2) is 8.55. The molecule has 1 saturated heterocycles. The highest BCUT2D eigenvalue weighted by Crippen LogP contribution is 2.36. The van der Waals surface area contributed by atoms with Crippen molar-refractivity contribution in [1.82, 2.24) is 9.47 Å². The van der Waals surface area contributed by atoms with Crippen LogP contribution in [0.5, 0.6) is 0 Å². The molecule has 30 heavy (non-hydrogen) atoms. The number of hydrogen-bond donors (Lipinski definition) is 1. The first-order valence-corrected chi connectivity index (χ1v) is 11.6. The number of thioether (sulfide) groups is 1. The molecule has 2 aliphatic rings. The Balaban J connectivity index is 1.40. The summed E-state index contributed by atoms with van der Waals surface area (Å²) in [6, 6.07) is 11.6. The fourth-order valence-corrected chi connectivity index (χ4v) is 5.78. The third-order valence-electron chi connectivity index (χ3n) is 6.04. The van der Waals surface area contributed by atoms with Crippen LogP contribution in [0.4, 0.5) is 5.69 Å². The second-order valence-corrected chi connectivity index (χ2v) is 10.4. The molecule has 7 heteroatoms. The molecule has 1 aromatic carbocycles. The summed E-state index contributed by atoms with van der Waals surface area (Å²) >= 11 is 7.17. The number of hydrogen-bond acceptors (Lipinski definition) is 4. The number of likely N-dealkylation sites (tertiary alicyclic amines) is 1. The maximum atomic E-state index is 12.7. The summed E-state index contributed by atoms with van der Waals surface area (Å²) < 4.78 is 2.69. The first kappa shape index (κ1) is 21.1. The van der Waals surface area contributed by atoms with Gasteiger partial charge in [-0.15, -0.1) is 0 Å². The Kier molecular flexibility index (Phi) is 6.02. The monoisotopic (exact) mass is 441 g/mol. The van der Waals surface area contributed by atoms with Gasteiger partial charge >= 0.3 is 0 Å². The zero-order valence-corrected chi connectivity index (χ0v) is 19.2. The Labute approximate surface area is 186 Å². The molecule has 0 saturated carbocycles. The van der Waals surface area contributed by atoms with Crippen LogP contribution in [0, 0.1) is 19.8 Å². The van der Waals surface area contributed by atoms with E-state index in [1.807, 2.05) is 49.6 Å². The van der Waals surface area contributed by atoms with Crippen LogP contribution >= 0.6 is 24.0 Å². The molecule has 0 aliphatic carbocycles. The fraction of sp³-hybridized carbons (Fsp3) is 0.435. The number of aromatic nitrogens is 1. The largest absolute Gasteiger partial charge is 0.356 e. The van der Waals surface area contributed by atoms with Gasteiger partial charge in [0.15, 0.2) is 0 Å². The molecule has 4 rings (SSSR count). The van der Waals surface area contributed by atoms with E-state index in [-0.39, 0.29) is 16.7 Å². The van der Waals surface area contributed by atoms with E-state index >= 15 is 0 Å². The van der Waals surface area contributed by atoms with E-state index in [1.165, 1.54) is 11.8 Å². The summed E-state index contributed by atoms with van der Waals surface area (Å²) in [5.74, 6) is 0.683. The SMILES string of the molecule is Cc1ccc(C)c(NC(=O)[C@@H](C)SC(=S)N2C[C@H]3C[C@@H](C2)c2cccc(=O)n2C3)c1. The van der Waals surface area contributed by atoms with Gasteiger partial charge in [0.1, 0.15) is 4.32 Å². The number of nitrogens with zero attached hydrogens (tertiary/aromatic N) is 2. The Bertz CT molecular complexity index is 1050. The van der Waals surface area contributed by atoms with E-state index < -0.39 is 0 Å². The number of fused-ring (bicyclic) bond motifs is 4. The highest BCUT2D eigenvalue weighted by atomic mass is 32.2. The van der Waals surface area contributed by atoms with Crippen molar-refractivity contribution in [3.63, 3.8) is 0 Å². The van der Waals surface area contributed by atoms with Crippen molar-refractivity contribution in [2.75, 3.05) is 18.4 Å². The second-order valence-electron chi connectivity index (χ2n) is 8.44. The number of rotatable bonds is 3. The van der Waals surface area contributed by atoms with Gasteiger partial charge in [-0.1, -0.05) is 42.2 Å². The van der Waals surface area contributed by atoms with Crippen molar-refractivity contribution in [2.24, 2.45) is 5.92 Å². The maximum Gasteiger partial charge on any atom is 0.250 e. The molecule has 158 valence electrons. The Morgan fingerprint density at radius 3 is 2.80 bits per heavy atom. The Morgan fingerprint density at radius 2 is 2.00 bits per heavy atom. The van der Waals surface area contributed by atoms with Crippen LogP contribution < -0.4 is 10.9 Å². The van der Waals surface area contributed by atoms with E-state index in [0.717, 1.165) is 52.9 Å². The lowest BCUT2D eigenvalue weighted by molar-refractivity contribution is -0.115. The van der Waals surface area contributed by atoms with E-state index in [0.29, 0.717) is 11.8 Å². The number of anilines is 1. The predicted molar refractivity (Wildman–Crippen MR) is 127 cm³/mol. The maximum absolute atomic E-state index is 12.7. The minimum atomic E-state index is -0.283. The van der Waals surface area contributed by atoms with E-state index in [9.17, 15) is 9.59 Å². The van der Waals surface area contributed by atoms with Crippen molar-refractivity contribution < 1.29 is 4.79 Å². The molecule has 1 amide bonds.